The highest BCUT2D eigenvalue weighted by Crippen LogP contribution is 2.58. The van der Waals surface area contributed by atoms with Gasteiger partial charge in [0.1, 0.15) is 6.61 Å². The first-order valence-electron chi connectivity index (χ1n) is 9.17. The first-order chi connectivity index (χ1) is 12.8. The number of halogens is 3. The van der Waals surface area contributed by atoms with Crippen LogP contribution in [0.25, 0.3) is 0 Å². The van der Waals surface area contributed by atoms with Gasteiger partial charge in [-0.25, -0.2) is 4.79 Å². The van der Waals surface area contributed by atoms with Crippen LogP contribution in [0.5, 0.6) is 0 Å². The fraction of sp³-hybridized carbons (Fsp3) is 0.579. The smallest absolute Gasteiger partial charge is 0.416 e. The number of benzene rings is 1. The number of nitrogens with zero attached hydrogens (tertiary/aromatic N) is 1. The lowest BCUT2D eigenvalue weighted by Crippen LogP contribution is -2.58. The molecule has 2 aliphatic carbocycles. The van der Waals surface area contributed by atoms with Crippen molar-refractivity contribution in [1.29, 1.82) is 0 Å². The summed E-state index contributed by atoms with van der Waals surface area (Å²) in [6, 6.07) is 5.41. The zero-order valence-electron chi connectivity index (χ0n) is 14.5. The maximum atomic E-state index is 12.7. The number of carbonyl (C=O) groups excluding carboxylic acids is 2. The van der Waals surface area contributed by atoms with E-state index in [0.717, 1.165) is 17.7 Å². The number of piperidine rings is 1. The van der Waals surface area contributed by atoms with E-state index in [9.17, 15) is 22.8 Å². The van der Waals surface area contributed by atoms with Crippen LogP contribution in [0.1, 0.15) is 29.9 Å². The summed E-state index contributed by atoms with van der Waals surface area (Å²) in [6.07, 6.45) is -3.49. The third kappa shape index (κ3) is 2.68. The Morgan fingerprint density at radius 1 is 1.15 bits per heavy atom. The zero-order valence-corrected chi connectivity index (χ0v) is 14.5. The molecule has 2 heterocycles. The second kappa shape index (κ2) is 5.39. The van der Waals surface area contributed by atoms with Gasteiger partial charge < -0.3 is 15.0 Å². The Morgan fingerprint density at radius 2 is 1.78 bits per heavy atom. The van der Waals surface area contributed by atoms with Crippen molar-refractivity contribution in [3.8, 4) is 0 Å². The van der Waals surface area contributed by atoms with Crippen molar-refractivity contribution in [2.24, 2.45) is 17.8 Å². The van der Waals surface area contributed by atoms with Gasteiger partial charge in [0, 0.05) is 19.0 Å². The summed E-state index contributed by atoms with van der Waals surface area (Å²) in [7, 11) is 0. The topological polar surface area (TPSA) is 58.6 Å². The summed E-state index contributed by atoms with van der Waals surface area (Å²) >= 11 is 0. The van der Waals surface area contributed by atoms with Crippen molar-refractivity contribution in [3.63, 3.8) is 0 Å². The van der Waals surface area contributed by atoms with Crippen LogP contribution in [0.3, 0.4) is 0 Å². The fourth-order valence-electron chi connectivity index (χ4n) is 5.12. The number of hydrogen-bond donors (Lipinski definition) is 1. The number of alkyl halides is 3. The van der Waals surface area contributed by atoms with Gasteiger partial charge in [0.2, 0.25) is 5.91 Å². The number of nitrogens with one attached hydrogen (secondary N) is 1. The Hall–Kier alpha value is -2.25. The molecule has 5 rings (SSSR count). The number of likely N-dealkylation sites (tertiary alicyclic amines) is 1. The molecule has 2 aliphatic heterocycles. The summed E-state index contributed by atoms with van der Waals surface area (Å²) in [4.78, 5) is 25.7. The molecule has 5 nitrogen and oxygen atoms in total. The first kappa shape index (κ1) is 16.9. The molecule has 27 heavy (non-hydrogen) atoms. The second-order valence-corrected chi connectivity index (χ2v) is 8.30. The molecule has 0 bridgehead atoms. The molecule has 0 radical (unpaired) electrons. The Bertz CT molecular complexity index is 789. The number of alkyl carbamates (subject to hydrolysis) is 1. The Balaban J connectivity index is 1.16. The monoisotopic (exact) mass is 380 g/mol. The molecule has 1 aromatic carbocycles. The van der Waals surface area contributed by atoms with E-state index in [2.05, 4.69) is 5.32 Å². The SMILES string of the molecule is O=C1NC2(CO1)CC(C(=O)N1C[C@@H]3[C@H](C1)[C@@H]3c1ccc(C(F)(F)F)cc1)C2. The molecule has 8 heteroatoms. The molecule has 2 saturated carbocycles. The van der Waals surface area contributed by atoms with Crippen molar-refractivity contribution in [3.05, 3.63) is 35.4 Å². The van der Waals surface area contributed by atoms with Gasteiger partial charge in [-0.1, -0.05) is 12.1 Å². The van der Waals surface area contributed by atoms with Crippen LogP contribution in [0, 0.1) is 17.8 Å². The average Bonchev–Trinajstić information content (AvgIpc) is 2.93. The fourth-order valence-corrected chi connectivity index (χ4v) is 5.12. The van der Waals surface area contributed by atoms with E-state index in [0.29, 0.717) is 44.4 Å². The lowest BCUT2D eigenvalue weighted by molar-refractivity contribution is -0.140. The van der Waals surface area contributed by atoms with E-state index in [1.165, 1.54) is 0 Å². The average molecular weight is 380 g/mol. The van der Waals surface area contributed by atoms with E-state index in [-0.39, 0.29) is 23.3 Å². The highest BCUT2D eigenvalue weighted by molar-refractivity contribution is 5.82. The quantitative estimate of drug-likeness (QED) is 0.858. The lowest BCUT2D eigenvalue weighted by Gasteiger charge is -2.43. The van der Waals surface area contributed by atoms with Crippen molar-refractivity contribution < 1.29 is 27.5 Å². The van der Waals surface area contributed by atoms with E-state index >= 15 is 0 Å². The molecule has 4 fully saturated rings. The van der Waals surface area contributed by atoms with Gasteiger partial charge in [0.05, 0.1) is 11.1 Å². The molecule has 1 N–H and O–H groups in total. The number of rotatable bonds is 2. The van der Waals surface area contributed by atoms with Crippen molar-refractivity contribution >= 4 is 12.0 Å². The Labute approximate surface area is 153 Å². The van der Waals surface area contributed by atoms with Gasteiger partial charge in [-0.3, -0.25) is 4.79 Å². The highest BCUT2D eigenvalue weighted by Gasteiger charge is 2.59. The molecule has 2 saturated heterocycles. The van der Waals surface area contributed by atoms with E-state index < -0.39 is 17.8 Å². The zero-order chi connectivity index (χ0) is 19.0. The molecule has 0 unspecified atom stereocenters. The number of cyclic esters (lactones) is 1. The van der Waals surface area contributed by atoms with E-state index in [4.69, 9.17) is 4.74 Å². The molecule has 2 amide bonds. The molecule has 1 spiro atoms. The van der Waals surface area contributed by atoms with Crippen molar-refractivity contribution in [2.75, 3.05) is 19.7 Å². The number of ether oxygens (including phenoxy) is 1. The second-order valence-electron chi connectivity index (χ2n) is 8.30. The van der Waals surface area contributed by atoms with Gasteiger partial charge in [0.25, 0.3) is 0 Å². The first-order valence-corrected chi connectivity index (χ1v) is 9.17. The summed E-state index contributed by atoms with van der Waals surface area (Å²) in [5, 5.41) is 2.79. The normalized spacial score (nSPS) is 36.9. The minimum atomic E-state index is -4.31. The van der Waals surface area contributed by atoms with Gasteiger partial charge >= 0.3 is 12.3 Å². The van der Waals surface area contributed by atoms with Crippen LogP contribution in [0.2, 0.25) is 0 Å². The summed E-state index contributed by atoms with van der Waals surface area (Å²) in [5.74, 6) is 0.990. The predicted molar refractivity (Wildman–Crippen MR) is 87.7 cm³/mol. The summed E-state index contributed by atoms with van der Waals surface area (Å²) < 4.78 is 43.0. The standard InChI is InChI=1S/C19H19F3N2O3/c20-19(21,22)12-3-1-10(2-4-12)15-13-7-24(8-14(13)15)16(25)11-5-18(6-11)9-27-17(26)23-18/h1-4,11,13-15H,5-9H2,(H,23,26)/t11?,13-,14+,15-,18?. The maximum Gasteiger partial charge on any atom is 0.416 e. The van der Waals surface area contributed by atoms with Gasteiger partial charge in [-0.05, 0) is 48.3 Å². The molecule has 0 aromatic heterocycles. The predicted octanol–water partition coefficient (Wildman–Crippen LogP) is 2.77. The van der Waals surface area contributed by atoms with Crippen LogP contribution in [-0.2, 0) is 15.7 Å². The summed E-state index contributed by atoms with van der Waals surface area (Å²) in [6.45, 7) is 1.67. The minimum Gasteiger partial charge on any atom is -0.447 e. The van der Waals surface area contributed by atoms with Crippen LogP contribution in [0.4, 0.5) is 18.0 Å². The molecule has 3 atom stereocenters. The number of carbonyl (C=O) groups is 2. The van der Waals surface area contributed by atoms with Crippen LogP contribution in [0.15, 0.2) is 24.3 Å². The number of hydrogen-bond acceptors (Lipinski definition) is 3. The highest BCUT2D eigenvalue weighted by atomic mass is 19.4. The third-order valence-corrected chi connectivity index (χ3v) is 6.60. The number of fused-ring (bicyclic) bond motifs is 1. The summed E-state index contributed by atoms with van der Waals surface area (Å²) in [5.41, 5.74) is -0.0581. The lowest BCUT2D eigenvalue weighted by atomic mass is 9.68. The molecule has 4 aliphatic rings. The van der Waals surface area contributed by atoms with Crippen LogP contribution >= 0.6 is 0 Å². The molecular weight excluding hydrogens is 361 g/mol. The van der Waals surface area contributed by atoms with Gasteiger partial charge in [-0.2, -0.15) is 13.2 Å². The van der Waals surface area contributed by atoms with E-state index in [1.807, 2.05) is 4.90 Å². The van der Waals surface area contributed by atoms with Crippen LogP contribution < -0.4 is 5.32 Å². The molecule has 1 aromatic rings. The number of amides is 2. The van der Waals surface area contributed by atoms with Crippen molar-refractivity contribution in [2.45, 2.75) is 30.5 Å². The largest absolute Gasteiger partial charge is 0.447 e. The molecular formula is C19H19F3N2O3. The van der Waals surface area contributed by atoms with Crippen molar-refractivity contribution in [1.82, 2.24) is 10.2 Å². The maximum absolute atomic E-state index is 12.7. The molecule has 144 valence electrons. The van der Waals surface area contributed by atoms with Gasteiger partial charge in [0.15, 0.2) is 0 Å². The van der Waals surface area contributed by atoms with E-state index in [1.54, 1.807) is 12.1 Å². The minimum absolute atomic E-state index is 0.0750. The van der Waals surface area contributed by atoms with Crippen LogP contribution in [-0.4, -0.2) is 42.1 Å². The Kier molecular flexibility index (Phi) is 3.37. The van der Waals surface area contributed by atoms with Gasteiger partial charge in [-0.15, -0.1) is 0 Å². The third-order valence-electron chi connectivity index (χ3n) is 6.60. The Morgan fingerprint density at radius 3 is 2.30 bits per heavy atom.